The van der Waals surface area contributed by atoms with Gasteiger partial charge in [-0.15, -0.1) is 0 Å². The van der Waals surface area contributed by atoms with Crippen LogP contribution in [0.5, 0.6) is 0 Å². The Morgan fingerprint density at radius 2 is 2.11 bits per heavy atom. The van der Waals surface area contributed by atoms with Gasteiger partial charge in [0.15, 0.2) is 0 Å². The molecule has 0 saturated heterocycles. The molecule has 1 aromatic carbocycles. The van der Waals surface area contributed by atoms with Gasteiger partial charge < -0.3 is 10.3 Å². The Kier molecular flexibility index (Phi) is 2.55. The van der Waals surface area contributed by atoms with Crippen LogP contribution >= 0.6 is 0 Å². The normalized spacial score (nSPS) is 11.2. The highest BCUT2D eigenvalue weighted by atomic mass is 15.3. The van der Waals surface area contributed by atoms with Crippen molar-refractivity contribution < 1.29 is 0 Å². The number of rotatable bonds is 3. The first-order valence-corrected chi connectivity index (χ1v) is 6.06. The third kappa shape index (κ3) is 1.97. The van der Waals surface area contributed by atoms with E-state index in [0.717, 1.165) is 18.8 Å². The summed E-state index contributed by atoms with van der Waals surface area (Å²) in [5, 5.41) is 5.51. The number of nitrogens with two attached hydrogens (primary N) is 1. The number of nitrogens with zero attached hydrogens (tertiary/aromatic N) is 3. The van der Waals surface area contributed by atoms with Crippen LogP contribution in [0.25, 0.3) is 10.9 Å². The van der Waals surface area contributed by atoms with E-state index in [2.05, 4.69) is 41.1 Å². The van der Waals surface area contributed by atoms with E-state index >= 15 is 0 Å². The number of fused-ring (bicyclic) bond motifs is 1. The first kappa shape index (κ1) is 10.9. The predicted molar refractivity (Wildman–Crippen MR) is 73.3 cm³/mol. The van der Waals surface area contributed by atoms with Gasteiger partial charge in [-0.1, -0.05) is 6.07 Å². The van der Waals surface area contributed by atoms with E-state index in [1.54, 1.807) is 0 Å². The smallest absolute Gasteiger partial charge is 0.0588 e. The third-order valence-electron chi connectivity index (χ3n) is 3.13. The highest BCUT2D eigenvalue weighted by molar-refractivity contribution is 5.83. The molecule has 2 heterocycles. The molecule has 92 valence electrons. The van der Waals surface area contributed by atoms with Crippen LogP contribution in [0, 0.1) is 6.92 Å². The average Bonchev–Trinajstić information content (AvgIpc) is 2.93. The molecule has 2 aromatic heterocycles. The summed E-state index contributed by atoms with van der Waals surface area (Å²) in [4.78, 5) is 0. The van der Waals surface area contributed by atoms with Crippen molar-refractivity contribution in [3.05, 3.63) is 48.4 Å². The first-order valence-electron chi connectivity index (χ1n) is 6.06. The quantitative estimate of drug-likeness (QED) is 0.715. The van der Waals surface area contributed by atoms with E-state index in [4.69, 9.17) is 5.73 Å². The Balaban J connectivity index is 1.84. The van der Waals surface area contributed by atoms with Crippen LogP contribution in [0.4, 0.5) is 5.69 Å². The molecule has 0 aliphatic heterocycles. The van der Waals surface area contributed by atoms with E-state index in [0.29, 0.717) is 0 Å². The second kappa shape index (κ2) is 4.22. The SMILES string of the molecule is Cc1cnn(CCn2ccc3ccc(N)cc32)c1. The summed E-state index contributed by atoms with van der Waals surface area (Å²) in [5.41, 5.74) is 9.01. The number of nitrogen functional groups attached to an aromatic ring is 1. The Bertz CT molecular complexity index is 678. The van der Waals surface area contributed by atoms with E-state index < -0.39 is 0 Å². The number of hydrogen-bond donors (Lipinski definition) is 1. The minimum absolute atomic E-state index is 0.803. The zero-order valence-corrected chi connectivity index (χ0v) is 10.4. The monoisotopic (exact) mass is 240 g/mol. The lowest BCUT2D eigenvalue weighted by atomic mass is 10.2. The number of aromatic nitrogens is 3. The van der Waals surface area contributed by atoms with E-state index in [1.165, 1.54) is 16.5 Å². The fraction of sp³-hybridized carbons (Fsp3) is 0.214. The topological polar surface area (TPSA) is 48.8 Å². The largest absolute Gasteiger partial charge is 0.399 e. The summed E-state index contributed by atoms with van der Waals surface area (Å²) in [6.45, 7) is 3.82. The molecule has 4 nitrogen and oxygen atoms in total. The van der Waals surface area contributed by atoms with Crippen LogP contribution in [0.3, 0.4) is 0 Å². The standard InChI is InChI=1S/C14H16N4/c1-11-9-16-18(10-11)7-6-17-5-4-12-2-3-13(15)8-14(12)17/h2-5,8-10H,6-7,15H2,1H3. The van der Waals surface area contributed by atoms with E-state index in [-0.39, 0.29) is 0 Å². The summed E-state index contributed by atoms with van der Waals surface area (Å²) in [7, 11) is 0. The molecular formula is C14H16N4. The van der Waals surface area contributed by atoms with Crippen molar-refractivity contribution in [1.82, 2.24) is 14.3 Å². The van der Waals surface area contributed by atoms with E-state index in [9.17, 15) is 0 Å². The van der Waals surface area contributed by atoms with Gasteiger partial charge in [-0.05, 0) is 36.1 Å². The van der Waals surface area contributed by atoms with Gasteiger partial charge in [-0.3, -0.25) is 4.68 Å². The molecule has 0 unspecified atom stereocenters. The molecule has 0 fully saturated rings. The van der Waals surface area contributed by atoms with Gasteiger partial charge in [0.05, 0.1) is 18.3 Å². The van der Waals surface area contributed by atoms with Gasteiger partial charge in [0.25, 0.3) is 0 Å². The summed E-state index contributed by atoms with van der Waals surface area (Å²) >= 11 is 0. The summed E-state index contributed by atoms with van der Waals surface area (Å²) in [5.74, 6) is 0. The molecule has 0 aliphatic carbocycles. The average molecular weight is 240 g/mol. The maximum absolute atomic E-state index is 5.83. The highest BCUT2D eigenvalue weighted by Gasteiger charge is 2.02. The minimum Gasteiger partial charge on any atom is -0.399 e. The Labute approximate surface area is 106 Å². The van der Waals surface area contributed by atoms with E-state index in [1.807, 2.05) is 23.0 Å². The molecule has 18 heavy (non-hydrogen) atoms. The van der Waals surface area contributed by atoms with Gasteiger partial charge in [0.1, 0.15) is 0 Å². The lowest BCUT2D eigenvalue weighted by Crippen LogP contribution is -2.06. The Morgan fingerprint density at radius 1 is 1.22 bits per heavy atom. The zero-order valence-electron chi connectivity index (χ0n) is 10.4. The molecule has 0 spiro atoms. The van der Waals surface area contributed by atoms with Crippen molar-refractivity contribution in [3.8, 4) is 0 Å². The highest BCUT2D eigenvalue weighted by Crippen LogP contribution is 2.18. The van der Waals surface area contributed by atoms with Crippen molar-refractivity contribution in [2.45, 2.75) is 20.0 Å². The molecule has 0 radical (unpaired) electrons. The predicted octanol–water partition coefficient (Wildman–Crippen LogP) is 2.43. The molecule has 0 atom stereocenters. The third-order valence-corrected chi connectivity index (χ3v) is 3.13. The molecule has 0 saturated carbocycles. The summed E-state index contributed by atoms with van der Waals surface area (Å²) in [6, 6.07) is 8.12. The molecule has 4 heteroatoms. The van der Waals surface area contributed by atoms with Crippen molar-refractivity contribution in [1.29, 1.82) is 0 Å². The van der Waals surface area contributed by atoms with Crippen LogP contribution < -0.4 is 5.73 Å². The number of anilines is 1. The fourth-order valence-corrected chi connectivity index (χ4v) is 2.20. The fourth-order valence-electron chi connectivity index (χ4n) is 2.20. The van der Waals surface area contributed by atoms with Crippen molar-refractivity contribution in [2.75, 3.05) is 5.73 Å². The molecule has 3 rings (SSSR count). The second-order valence-electron chi connectivity index (χ2n) is 4.61. The van der Waals surface area contributed by atoms with Crippen LogP contribution in [0.1, 0.15) is 5.56 Å². The number of benzene rings is 1. The molecule has 0 aliphatic rings. The van der Waals surface area contributed by atoms with Gasteiger partial charge in [-0.25, -0.2) is 0 Å². The van der Waals surface area contributed by atoms with Crippen LogP contribution in [-0.4, -0.2) is 14.3 Å². The number of hydrogen-bond acceptors (Lipinski definition) is 2. The zero-order chi connectivity index (χ0) is 12.5. The van der Waals surface area contributed by atoms with Crippen molar-refractivity contribution in [3.63, 3.8) is 0 Å². The maximum Gasteiger partial charge on any atom is 0.0588 e. The van der Waals surface area contributed by atoms with Crippen LogP contribution in [0.2, 0.25) is 0 Å². The van der Waals surface area contributed by atoms with Crippen molar-refractivity contribution >= 4 is 16.6 Å². The van der Waals surface area contributed by atoms with Crippen molar-refractivity contribution in [2.24, 2.45) is 0 Å². The lowest BCUT2D eigenvalue weighted by molar-refractivity contribution is 0.542. The Morgan fingerprint density at radius 3 is 2.89 bits per heavy atom. The minimum atomic E-state index is 0.803. The Hall–Kier alpha value is -2.23. The van der Waals surface area contributed by atoms with Crippen LogP contribution in [0.15, 0.2) is 42.9 Å². The number of aryl methyl sites for hydroxylation is 3. The second-order valence-corrected chi connectivity index (χ2v) is 4.61. The van der Waals surface area contributed by atoms with Gasteiger partial charge in [0.2, 0.25) is 0 Å². The molecule has 3 aromatic rings. The van der Waals surface area contributed by atoms with Gasteiger partial charge in [0, 0.05) is 24.6 Å². The molecule has 0 amide bonds. The summed E-state index contributed by atoms with van der Waals surface area (Å²) < 4.78 is 4.18. The summed E-state index contributed by atoms with van der Waals surface area (Å²) in [6.07, 6.45) is 6.03. The molecular weight excluding hydrogens is 224 g/mol. The van der Waals surface area contributed by atoms with Gasteiger partial charge in [-0.2, -0.15) is 5.10 Å². The maximum atomic E-state index is 5.83. The van der Waals surface area contributed by atoms with Gasteiger partial charge >= 0.3 is 0 Å². The first-order chi connectivity index (χ1) is 8.72. The van der Waals surface area contributed by atoms with Crippen LogP contribution in [-0.2, 0) is 13.1 Å². The molecule has 2 N–H and O–H groups in total. The lowest BCUT2D eigenvalue weighted by Gasteiger charge is -2.06. The molecule has 0 bridgehead atoms.